The van der Waals surface area contributed by atoms with Gasteiger partial charge in [-0.05, 0) is 48.3 Å². The van der Waals surface area contributed by atoms with E-state index >= 15 is 0 Å². The molecule has 2 aliphatic heterocycles. The maximum absolute atomic E-state index is 2.74. The largest absolute Gasteiger partial charge is 0.289 e. The molecule has 2 aliphatic rings. The van der Waals surface area contributed by atoms with Crippen LogP contribution >= 0.6 is 11.8 Å². The molecule has 124 valence electrons. The third-order valence-corrected chi connectivity index (χ3v) is 6.24. The molecule has 0 radical (unpaired) electrons. The molecule has 1 nitrogen and oxygen atoms in total. The van der Waals surface area contributed by atoms with E-state index in [0.717, 1.165) is 6.54 Å². The number of nitrogens with zero attached hydrogens (tertiary/aromatic N) is 1. The van der Waals surface area contributed by atoms with Crippen LogP contribution in [0.5, 0.6) is 0 Å². The molecular formula is C22H25NS. The van der Waals surface area contributed by atoms with E-state index < -0.39 is 0 Å². The second-order valence-corrected chi connectivity index (χ2v) is 7.75. The van der Waals surface area contributed by atoms with E-state index in [1.54, 1.807) is 5.57 Å². The Labute approximate surface area is 149 Å². The van der Waals surface area contributed by atoms with Crippen molar-refractivity contribution in [1.29, 1.82) is 0 Å². The van der Waals surface area contributed by atoms with Crippen LogP contribution in [0, 0.1) is 0 Å². The summed E-state index contributed by atoms with van der Waals surface area (Å²) in [5.74, 6) is 0. The third kappa shape index (κ3) is 3.18. The summed E-state index contributed by atoms with van der Waals surface area (Å²) in [4.78, 5) is 4.16. The fraction of sp³-hybridized carbons (Fsp3) is 0.364. The molecule has 2 unspecified atom stereocenters. The molecule has 0 saturated carbocycles. The Morgan fingerprint density at radius 2 is 1.79 bits per heavy atom. The number of rotatable bonds is 4. The Balaban J connectivity index is 1.62. The van der Waals surface area contributed by atoms with Gasteiger partial charge < -0.3 is 0 Å². The molecule has 0 aliphatic carbocycles. The first-order chi connectivity index (χ1) is 11.8. The lowest BCUT2D eigenvalue weighted by atomic mass is 9.82. The lowest BCUT2D eigenvalue weighted by Gasteiger charge is -2.45. The Morgan fingerprint density at radius 1 is 1.00 bits per heavy atom. The predicted molar refractivity (Wildman–Crippen MR) is 104 cm³/mol. The average Bonchev–Trinajstić information content (AvgIpc) is 2.62. The second-order valence-electron chi connectivity index (χ2n) is 6.91. The summed E-state index contributed by atoms with van der Waals surface area (Å²) in [6.07, 6.45) is 9.95. The zero-order chi connectivity index (χ0) is 16.4. The number of piperidine rings is 1. The quantitative estimate of drug-likeness (QED) is 0.667. The van der Waals surface area contributed by atoms with Crippen LogP contribution in [0.2, 0.25) is 0 Å². The molecule has 1 saturated heterocycles. The maximum atomic E-state index is 2.74. The third-order valence-electron chi connectivity index (χ3n) is 5.44. The van der Waals surface area contributed by atoms with Crippen LogP contribution in [0.15, 0.2) is 65.6 Å². The van der Waals surface area contributed by atoms with E-state index in [1.807, 2.05) is 11.8 Å². The Kier molecular flexibility index (Phi) is 4.77. The van der Waals surface area contributed by atoms with Crippen LogP contribution in [0.25, 0.3) is 5.57 Å². The summed E-state index contributed by atoms with van der Waals surface area (Å²) >= 11 is 1.87. The van der Waals surface area contributed by atoms with Gasteiger partial charge in [-0.2, -0.15) is 0 Å². The summed E-state index contributed by atoms with van der Waals surface area (Å²) in [6.45, 7) is 1.09. The highest BCUT2D eigenvalue weighted by Crippen LogP contribution is 2.40. The standard InChI is InChI=1S/C22H25NS/c1-24-22-13-6-5-12-21(22)18-14-19-10-7-11-20(15-18)23(19)16-17-8-3-2-4-9-17/h2-6,8-9,12-14,19-20H,7,10-11,15-16H2,1H3. The number of benzene rings is 2. The van der Waals surface area contributed by atoms with Crippen LogP contribution in [0.3, 0.4) is 0 Å². The molecule has 2 heterocycles. The monoisotopic (exact) mass is 335 g/mol. The first-order valence-corrected chi connectivity index (χ1v) is 10.2. The summed E-state index contributed by atoms with van der Waals surface area (Å²) < 4.78 is 0. The van der Waals surface area contributed by atoms with Gasteiger partial charge in [-0.15, -0.1) is 11.8 Å². The van der Waals surface area contributed by atoms with Gasteiger partial charge in [0.2, 0.25) is 0 Å². The lowest BCUT2D eigenvalue weighted by molar-refractivity contribution is 0.0951. The van der Waals surface area contributed by atoms with Crippen molar-refractivity contribution in [3.8, 4) is 0 Å². The smallest absolute Gasteiger partial charge is 0.0290 e. The van der Waals surface area contributed by atoms with Gasteiger partial charge in [0.15, 0.2) is 0 Å². The zero-order valence-electron chi connectivity index (χ0n) is 14.3. The van der Waals surface area contributed by atoms with E-state index in [2.05, 4.69) is 71.8 Å². The molecule has 0 spiro atoms. The summed E-state index contributed by atoms with van der Waals surface area (Å²) in [6, 6.07) is 21.1. The molecule has 2 aromatic carbocycles. The average molecular weight is 336 g/mol. The minimum atomic E-state index is 0.600. The molecule has 24 heavy (non-hydrogen) atoms. The van der Waals surface area contributed by atoms with Crippen molar-refractivity contribution in [2.75, 3.05) is 6.26 Å². The first-order valence-electron chi connectivity index (χ1n) is 8.99. The molecule has 2 bridgehead atoms. The van der Waals surface area contributed by atoms with Crippen molar-refractivity contribution in [1.82, 2.24) is 4.90 Å². The normalized spacial score (nSPS) is 23.8. The van der Waals surface area contributed by atoms with Crippen molar-refractivity contribution in [2.24, 2.45) is 0 Å². The van der Waals surface area contributed by atoms with Gasteiger partial charge in [0, 0.05) is 23.5 Å². The summed E-state index contributed by atoms with van der Waals surface area (Å²) in [5.41, 5.74) is 4.47. The molecule has 1 fully saturated rings. The molecule has 4 rings (SSSR count). The minimum absolute atomic E-state index is 0.600. The number of thioether (sulfide) groups is 1. The molecule has 0 amide bonds. The molecular weight excluding hydrogens is 310 g/mol. The summed E-state index contributed by atoms with van der Waals surface area (Å²) in [7, 11) is 0. The lowest BCUT2D eigenvalue weighted by Crippen LogP contribution is -2.47. The van der Waals surface area contributed by atoms with Crippen molar-refractivity contribution in [3.63, 3.8) is 0 Å². The van der Waals surface area contributed by atoms with E-state index in [1.165, 1.54) is 41.7 Å². The van der Waals surface area contributed by atoms with Crippen molar-refractivity contribution in [3.05, 3.63) is 71.8 Å². The maximum Gasteiger partial charge on any atom is 0.0290 e. The van der Waals surface area contributed by atoms with E-state index in [-0.39, 0.29) is 0 Å². The topological polar surface area (TPSA) is 3.24 Å². The fourth-order valence-corrected chi connectivity index (χ4v) is 4.90. The highest BCUT2D eigenvalue weighted by atomic mass is 32.2. The van der Waals surface area contributed by atoms with Gasteiger partial charge >= 0.3 is 0 Å². The van der Waals surface area contributed by atoms with Gasteiger partial charge in [0.1, 0.15) is 0 Å². The highest BCUT2D eigenvalue weighted by molar-refractivity contribution is 7.98. The second kappa shape index (κ2) is 7.16. The minimum Gasteiger partial charge on any atom is -0.289 e. The number of hydrogen-bond acceptors (Lipinski definition) is 2. The SMILES string of the molecule is CSc1ccccc1C1=CC2CCCC(C1)N2Cc1ccccc1. The molecule has 2 atom stereocenters. The van der Waals surface area contributed by atoms with Gasteiger partial charge in [0.05, 0.1) is 0 Å². The molecule has 0 aromatic heterocycles. The van der Waals surface area contributed by atoms with Gasteiger partial charge in [-0.25, -0.2) is 0 Å². The molecule has 2 aromatic rings. The van der Waals surface area contributed by atoms with E-state index in [4.69, 9.17) is 0 Å². The Bertz CT molecular complexity index is 722. The molecule has 0 N–H and O–H groups in total. The van der Waals surface area contributed by atoms with E-state index in [0.29, 0.717) is 12.1 Å². The first kappa shape index (κ1) is 16.0. The van der Waals surface area contributed by atoms with Crippen LogP contribution in [0.4, 0.5) is 0 Å². The van der Waals surface area contributed by atoms with Crippen LogP contribution < -0.4 is 0 Å². The van der Waals surface area contributed by atoms with Crippen LogP contribution in [-0.4, -0.2) is 23.2 Å². The zero-order valence-corrected chi connectivity index (χ0v) is 15.1. The van der Waals surface area contributed by atoms with Gasteiger partial charge in [-0.1, -0.05) is 61.0 Å². The van der Waals surface area contributed by atoms with Crippen molar-refractivity contribution < 1.29 is 0 Å². The molecule has 2 heteroatoms. The Morgan fingerprint density at radius 3 is 2.58 bits per heavy atom. The summed E-state index contributed by atoms with van der Waals surface area (Å²) in [5, 5.41) is 0. The highest BCUT2D eigenvalue weighted by Gasteiger charge is 2.34. The van der Waals surface area contributed by atoms with Gasteiger partial charge in [-0.3, -0.25) is 4.90 Å². The number of fused-ring (bicyclic) bond motifs is 2. The van der Waals surface area contributed by atoms with Crippen LogP contribution in [-0.2, 0) is 6.54 Å². The number of hydrogen-bond donors (Lipinski definition) is 0. The predicted octanol–water partition coefficient (Wildman–Crippen LogP) is 5.62. The fourth-order valence-electron chi connectivity index (χ4n) is 4.27. The van der Waals surface area contributed by atoms with Crippen molar-refractivity contribution >= 4 is 17.3 Å². The van der Waals surface area contributed by atoms with Crippen LogP contribution in [0.1, 0.15) is 36.8 Å². The Hall–Kier alpha value is -1.51. The van der Waals surface area contributed by atoms with Crippen molar-refractivity contribution in [2.45, 2.75) is 49.2 Å². The van der Waals surface area contributed by atoms with Gasteiger partial charge in [0.25, 0.3) is 0 Å². The van der Waals surface area contributed by atoms with E-state index in [9.17, 15) is 0 Å².